The third kappa shape index (κ3) is 32.6. The van der Waals surface area contributed by atoms with Gasteiger partial charge in [0.05, 0.1) is 34.5 Å². The monoisotopic (exact) mass is 1960 g/mol. The van der Waals surface area contributed by atoms with Gasteiger partial charge in [-0.05, 0) is 212 Å². The van der Waals surface area contributed by atoms with Gasteiger partial charge in [-0.1, -0.05) is 103 Å². The van der Waals surface area contributed by atoms with E-state index in [1.165, 1.54) is 63.7 Å². The molecule has 4 fully saturated rings. The largest absolute Gasteiger partial charge is 0.474 e. The molecule has 4 saturated heterocycles. The first-order valence-corrected chi connectivity index (χ1v) is 50.1. The number of aliphatic imine (C=N–C) groups is 1. The molecule has 11 aromatic rings. The number of nitrogens with one attached hydrogen (secondary N) is 2. The Hall–Kier alpha value is -13.8. The van der Waals surface area contributed by atoms with Crippen molar-refractivity contribution in [2.24, 2.45) is 4.99 Å². The number of hydrogen-bond acceptors (Lipinski definition) is 21. The summed E-state index contributed by atoms with van der Waals surface area (Å²) in [5.41, 5.74) is 20.9. The highest BCUT2D eigenvalue weighted by Gasteiger charge is 2.31. The second-order valence-corrected chi connectivity index (χ2v) is 39.2. The predicted molar refractivity (Wildman–Crippen MR) is 588 cm³/mol. The maximum atomic E-state index is 14.1. The standard InChI is InChI=1S/C32H41N5O2.C29H36FN5O.C29H34FN5O.C26H39N5O2/c1-24-6-15-29(31(38)33-17-16-25-7-11-27(12-8-25)34(2)3)30(22-24)32(39)37-20-18-36(19-21-37)23-26-9-13-28(14-10-26)35(4)5;2*1-32(2)25-10-5-22(6-11-25)20-31-28-14-9-24(30)19-27(28)29(36)35-17-15-34(16-18-35)21-23-7-12-26(13-8-23)33(3)4;1-6-30(18-17-28(2)3)20-26(32)31-15-13-24(14-16-31)33-25-12-9-22(19-27-25)21-7-10-23(11-8-21)29(4)5/h6-15,22H,16-21,23H2,1-5H3,(H,33,38);5-14,19,31H,15-18,20-21H2,1-4H3;5-14,19-20H,15-18,21H2,1-4H3;7-12,19,24H,6,13-18,20H2,1-5H3. The summed E-state index contributed by atoms with van der Waals surface area (Å²) < 4.78 is 34.3. The number of likely N-dealkylation sites (N-methyl/N-ethyl adjacent to an activating group) is 2. The molecule has 0 spiro atoms. The molecular weight excluding hydrogens is 1810 g/mol. The number of aromatic nitrogens is 1. The molecule has 26 nitrogen and oxygen atoms in total. The van der Waals surface area contributed by atoms with E-state index < -0.39 is 11.6 Å². The van der Waals surface area contributed by atoms with E-state index in [0.717, 1.165) is 161 Å². The molecule has 0 bridgehead atoms. The maximum absolute atomic E-state index is 14.1. The van der Waals surface area contributed by atoms with Crippen molar-refractivity contribution in [3.63, 3.8) is 0 Å². The highest BCUT2D eigenvalue weighted by Crippen LogP contribution is 2.31. The number of anilines is 8. The van der Waals surface area contributed by atoms with Crippen LogP contribution in [0.1, 0.15) is 100 Å². The van der Waals surface area contributed by atoms with Crippen molar-refractivity contribution in [2.45, 2.75) is 65.4 Å². The number of aryl methyl sites for hydroxylation is 1. The molecule has 0 saturated carbocycles. The molecule has 764 valence electrons. The van der Waals surface area contributed by atoms with Gasteiger partial charge in [0.1, 0.15) is 17.7 Å². The molecule has 5 heterocycles. The Morgan fingerprint density at radius 3 is 1.22 bits per heavy atom. The number of nitrogens with zero attached hydrogens (tertiary/aromatic N) is 18. The number of carbonyl (C=O) groups excluding carboxylic acids is 5. The van der Waals surface area contributed by atoms with Crippen LogP contribution in [0.15, 0.2) is 248 Å². The smallest absolute Gasteiger partial charge is 0.256 e. The van der Waals surface area contributed by atoms with Crippen molar-refractivity contribution in [2.75, 3.05) is 277 Å². The topological polar surface area (TPSA) is 196 Å². The molecule has 1 aromatic heterocycles. The molecule has 0 radical (unpaired) electrons. The Kier molecular flexibility index (Phi) is 40.5. The van der Waals surface area contributed by atoms with E-state index in [2.05, 4.69) is 247 Å². The van der Waals surface area contributed by atoms with E-state index in [4.69, 9.17) is 4.74 Å². The SMILES string of the molecule is CCN(CCN(C)C)CC(=O)N1CCC(Oc2ccc(-c3ccc(N(C)C)cc3)cn2)CC1.CN(C)c1ccc(C=Nc2ccc(F)cc2C(=O)N2CCN(Cc3ccc(N(C)C)cc3)CC2)cc1.CN(C)c1ccc(CNc2ccc(F)cc2C(=O)N2CCN(Cc3ccc(N(C)C)cc3)CC2)cc1.Cc1ccc(C(=O)NCCc2ccc(N(C)C)cc2)c(C(=O)N2CCN(Cc3ccc(N(C)C)cc3)CC2)c1. The van der Waals surface area contributed by atoms with Crippen molar-refractivity contribution < 1.29 is 37.5 Å². The second kappa shape index (κ2) is 53.5. The molecule has 0 unspecified atom stereocenters. The Morgan fingerprint density at radius 2 is 0.799 bits per heavy atom. The van der Waals surface area contributed by atoms with Crippen LogP contribution >= 0.6 is 0 Å². The van der Waals surface area contributed by atoms with Crippen LogP contribution in [0.4, 0.5) is 60.0 Å². The minimum atomic E-state index is -0.438. The Balaban J connectivity index is 0.000000171. The minimum absolute atomic E-state index is 0.0712. The number of piperazine rings is 3. The summed E-state index contributed by atoms with van der Waals surface area (Å²) in [4.78, 5) is 109. The van der Waals surface area contributed by atoms with Gasteiger partial charge in [0.25, 0.3) is 23.6 Å². The van der Waals surface area contributed by atoms with Gasteiger partial charge in [0, 0.05) is 318 Å². The summed E-state index contributed by atoms with van der Waals surface area (Å²) in [6.45, 7) is 20.9. The fraction of sp³-hybridized carbons (Fsp3) is 0.388. The molecule has 4 aliphatic heterocycles. The number of carbonyl (C=O) groups is 5. The zero-order chi connectivity index (χ0) is 103. The quantitative estimate of drug-likeness (QED) is 0.0361. The lowest BCUT2D eigenvalue weighted by atomic mass is 10.0. The third-order valence-electron chi connectivity index (χ3n) is 26.7. The van der Waals surface area contributed by atoms with E-state index in [1.807, 2.05) is 174 Å². The lowest BCUT2D eigenvalue weighted by molar-refractivity contribution is -0.134. The highest BCUT2D eigenvalue weighted by atomic mass is 19.1. The van der Waals surface area contributed by atoms with Crippen LogP contribution in [0.25, 0.3) is 11.1 Å². The first kappa shape index (κ1) is 109. The maximum Gasteiger partial charge on any atom is 0.256 e. The molecule has 4 aliphatic rings. The Bertz CT molecular complexity index is 5920. The number of rotatable bonds is 34. The number of benzene rings is 10. The summed E-state index contributed by atoms with van der Waals surface area (Å²) in [7, 11) is 32.4. The summed E-state index contributed by atoms with van der Waals surface area (Å²) >= 11 is 0. The van der Waals surface area contributed by atoms with Crippen LogP contribution < -0.4 is 49.7 Å². The average Bonchev–Trinajstić information content (AvgIpc) is 0.786. The number of likely N-dealkylation sites (tertiary alicyclic amines) is 1. The van der Waals surface area contributed by atoms with E-state index in [9.17, 15) is 32.8 Å². The van der Waals surface area contributed by atoms with Crippen molar-refractivity contribution in [3.05, 3.63) is 316 Å². The molecule has 2 N–H and O–H groups in total. The van der Waals surface area contributed by atoms with E-state index >= 15 is 0 Å². The normalized spacial score (nSPS) is 14.2. The summed E-state index contributed by atoms with van der Waals surface area (Å²) in [6.07, 6.45) is 6.09. The van der Waals surface area contributed by atoms with Crippen LogP contribution in [0.2, 0.25) is 0 Å². The second-order valence-electron chi connectivity index (χ2n) is 39.2. The van der Waals surface area contributed by atoms with Crippen molar-refractivity contribution in [3.8, 4) is 17.0 Å². The van der Waals surface area contributed by atoms with Gasteiger partial charge in [-0.3, -0.25) is 48.6 Å². The Labute approximate surface area is 853 Å². The number of halogens is 2. The summed E-state index contributed by atoms with van der Waals surface area (Å²) in [5, 5.41) is 6.35. The van der Waals surface area contributed by atoms with Crippen LogP contribution in [-0.4, -0.2) is 328 Å². The van der Waals surface area contributed by atoms with Gasteiger partial charge in [-0.15, -0.1) is 0 Å². The van der Waals surface area contributed by atoms with Gasteiger partial charge >= 0.3 is 0 Å². The lowest BCUT2D eigenvalue weighted by Gasteiger charge is -2.35. The predicted octanol–water partition coefficient (Wildman–Crippen LogP) is 16.3. The van der Waals surface area contributed by atoms with Crippen molar-refractivity contribution in [1.82, 2.24) is 54.4 Å². The average molecular weight is 1960 g/mol. The van der Waals surface area contributed by atoms with Gasteiger partial charge in [0.15, 0.2) is 0 Å². The molecule has 0 aliphatic carbocycles. The minimum Gasteiger partial charge on any atom is -0.474 e. The first-order valence-electron chi connectivity index (χ1n) is 50.1. The molecule has 10 aromatic carbocycles. The van der Waals surface area contributed by atoms with E-state index in [0.29, 0.717) is 98.4 Å². The summed E-state index contributed by atoms with van der Waals surface area (Å²) in [5.74, 6) is -0.562. The van der Waals surface area contributed by atoms with Crippen molar-refractivity contribution >= 4 is 86.9 Å². The Morgan fingerprint density at radius 1 is 0.403 bits per heavy atom. The molecule has 144 heavy (non-hydrogen) atoms. The molecule has 5 amide bonds. The fourth-order valence-electron chi connectivity index (χ4n) is 17.4. The van der Waals surface area contributed by atoms with Crippen LogP contribution in [-0.2, 0) is 37.4 Å². The fourth-order valence-corrected chi connectivity index (χ4v) is 17.4. The van der Waals surface area contributed by atoms with E-state index in [1.54, 1.807) is 29.3 Å². The van der Waals surface area contributed by atoms with Gasteiger partial charge in [-0.2, -0.15) is 0 Å². The highest BCUT2D eigenvalue weighted by molar-refractivity contribution is 6.07. The third-order valence-corrected chi connectivity index (χ3v) is 26.7. The molecule has 0 atom stereocenters. The van der Waals surface area contributed by atoms with Crippen LogP contribution in [0, 0.1) is 18.6 Å². The number of ether oxygens (including phenoxy) is 1. The number of piperidine rings is 1. The molecule has 15 rings (SSSR count). The van der Waals surface area contributed by atoms with Gasteiger partial charge in [0.2, 0.25) is 11.8 Å². The van der Waals surface area contributed by atoms with Crippen LogP contribution in [0.5, 0.6) is 5.88 Å². The zero-order valence-electron chi connectivity index (χ0n) is 87.9. The van der Waals surface area contributed by atoms with Crippen molar-refractivity contribution in [1.29, 1.82) is 0 Å². The lowest BCUT2D eigenvalue weighted by Crippen LogP contribution is -2.48. The van der Waals surface area contributed by atoms with Crippen LogP contribution in [0.3, 0.4) is 0 Å². The number of pyridine rings is 1. The van der Waals surface area contributed by atoms with E-state index in [-0.39, 0.29) is 35.6 Å². The molecular formula is C116H150F2N20O6. The van der Waals surface area contributed by atoms with Gasteiger partial charge in [-0.25, -0.2) is 13.8 Å². The van der Waals surface area contributed by atoms with Gasteiger partial charge < -0.3 is 74.2 Å². The number of amides is 5. The zero-order valence-corrected chi connectivity index (χ0v) is 87.9. The molecule has 28 heteroatoms. The first-order chi connectivity index (χ1) is 69.1. The number of hydrogen-bond donors (Lipinski definition) is 2. The summed E-state index contributed by atoms with van der Waals surface area (Å²) in [6, 6.07) is 76.8.